The Morgan fingerprint density at radius 3 is 2.00 bits per heavy atom. The molecule has 0 amide bonds. The Balaban J connectivity index is 1.33. The number of halogens is 1. The lowest BCUT2D eigenvalue weighted by Gasteiger charge is -2.22. The molecular formula is C32H37BrN2O2. The zero-order valence-electron chi connectivity index (χ0n) is 21.7. The second kappa shape index (κ2) is 13.0. The summed E-state index contributed by atoms with van der Waals surface area (Å²) in [5.74, 6) is -0.414. The molecule has 4 rings (SSSR count). The summed E-state index contributed by atoms with van der Waals surface area (Å²) in [6.45, 7) is 2.26. The van der Waals surface area contributed by atoms with Crippen molar-refractivity contribution in [1.82, 2.24) is 0 Å². The lowest BCUT2D eigenvalue weighted by atomic mass is 9.82. The largest absolute Gasteiger partial charge is 0.397 e. The van der Waals surface area contributed by atoms with E-state index in [1.807, 2.05) is 18.2 Å². The van der Waals surface area contributed by atoms with Gasteiger partial charge in [-0.1, -0.05) is 89.0 Å². The van der Waals surface area contributed by atoms with E-state index in [2.05, 4.69) is 40.3 Å². The fourth-order valence-corrected chi connectivity index (χ4v) is 5.45. The second-order valence-electron chi connectivity index (χ2n) is 10.0. The number of benzene rings is 3. The molecule has 0 atom stereocenters. The number of nitrogen functional groups attached to an aromatic ring is 1. The first kappa shape index (κ1) is 27.1. The van der Waals surface area contributed by atoms with Crippen LogP contribution in [-0.4, -0.2) is 11.6 Å². The van der Waals surface area contributed by atoms with Gasteiger partial charge in [0.15, 0.2) is 11.6 Å². The lowest BCUT2D eigenvalue weighted by molar-refractivity contribution is 0.0980. The predicted octanol–water partition coefficient (Wildman–Crippen LogP) is 9.01. The second-order valence-corrected chi connectivity index (χ2v) is 10.9. The molecule has 3 N–H and O–H groups in total. The van der Waals surface area contributed by atoms with Crippen molar-refractivity contribution in [2.24, 2.45) is 0 Å². The number of nitrogens with one attached hydrogen (secondary N) is 1. The minimum atomic E-state index is -0.232. The summed E-state index contributed by atoms with van der Waals surface area (Å²) in [6.07, 6.45) is 14.5. The van der Waals surface area contributed by atoms with Gasteiger partial charge < -0.3 is 11.1 Å². The number of anilines is 3. The van der Waals surface area contributed by atoms with Crippen LogP contribution >= 0.6 is 15.9 Å². The maximum absolute atomic E-state index is 13.5. The van der Waals surface area contributed by atoms with Crippen LogP contribution in [0.1, 0.15) is 109 Å². The van der Waals surface area contributed by atoms with Gasteiger partial charge in [0.2, 0.25) is 0 Å². The van der Waals surface area contributed by atoms with E-state index in [-0.39, 0.29) is 17.1 Å². The first-order valence-corrected chi connectivity index (χ1v) is 14.5. The quantitative estimate of drug-likeness (QED) is 0.126. The summed E-state index contributed by atoms with van der Waals surface area (Å²) < 4.78 is 0.610. The predicted molar refractivity (Wildman–Crippen MR) is 157 cm³/mol. The van der Waals surface area contributed by atoms with E-state index in [0.29, 0.717) is 32.5 Å². The van der Waals surface area contributed by atoms with Gasteiger partial charge in [-0.05, 0) is 64.7 Å². The number of unbranched alkanes of at least 4 members (excludes halogenated alkanes) is 9. The third-order valence-electron chi connectivity index (χ3n) is 7.25. The Labute approximate surface area is 229 Å². The van der Waals surface area contributed by atoms with Crippen LogP contribution in [-0.2, 0) is 6.42 Å². The van der Waals surface area contributed by atoms with Crippen LogP contribution in [0.2, 0.25) is 0 Å². The minimum Gasteiger partial charge on any atom is -0.397 e. The Hall–Kier alpha value is -2.92. The number of hydrogen-bond acceptors (Lipinski definition) is 4. The molecule has 0 radical (unpaired) electrons. The molecule has 1 aliphatic rings. The van der Waals surface area contributed by atoms with Gasteiger partial charge in [0.25, 0.3) is 0 Å². The van der Waals surface area contributed by atoms with E-state index in [1.54, 1.807) is 24.3 Å². The maximum Gasteiger partial charge on any atom is 0.198 e. The van der Waals surface area contributed by atoms with Gasteiger partial charge in [0.05, 0.1) is 22.5 Å². The van der Waals surface area contributed by atoms with Crippen LogP contribution in [0.4, 0.5) is 17.1 Å². The van der Waals surface area contributed by atoms with Gasteiger partial charge >= 0.3 is 0 Å². The van der Waals surface area contributed by atoms with E-state index in [0.717, 1.165) is 12.1 Å². The third-order valence-corrected chi connectivity index (χ3v) is 7.94. The first-order valence-electron chi connectivity index (χ1n) is 13.7. The van der Waals surface area contributed by atoms with Crippen LogP contribution in [0.25, 0.3) is 0 Å². The number of carbonyl (C=O) groups is 2. The molecule has 0 saturated heterocycles. The van der Waals surface area contributed by atoms with Crippen molar-refractivity contribution in [3.8, 4) is 0 Å². The van der Waals surface area contributed by atoms with Crippen LogP contribution in [0, 0.1) is 0 Å². The minimum absolute atomic E-state index is 0.181. The highest BCUT2D eigenvalue weighted by Gasteiger charge is 2.33. The number of aryl methyl sites for hydroxylation is 1. The smallest absolute Gasteiger partial charge is 0.198 e. The van der Waals surface area contributed by atoms with Gasteiger partial charge in [-0.25, -0.2) is 0 Å². The van der Waals surface area contributed by atoms with Crippen molar-refractivity contribution in [3.05, 3.63) is 86.9 Å². The molecule has 0 aromatic heterocycles. The zero-order chi connectivity index (χ0) is 26.2. The molecule has 3 aromatic carbocycles. The molecule has 0 bridgehead atoms. The number of rotatable bonds is 13. The highest BCUT2D eigenvalue weighted by Crippen LogP contribution is 2.38. The molecule has 4 nitrogen and oxygen atoms in total. The molecule has 0 unspecified atom stereocenters. The van der Waals surface area contributed by atoms with E-state index >= 15 is 0 Å². The standard InChI is InChI=1S/C32H37BrN2O2/c1-2-3-4-5-6-7-8-9-10-11-13-22-16-18-23(19-17-22)35-27-15-12-14-24-28(27)32(37)29-25(31(24)36)20-21-26(33)30(29)34/h12,14-21,35H,2-11,13,34H2,1H3. The fraction of sp³-hybridized carbons (Fsp3) is 0.375. The molecule has 37 heavy (non-hydrogen) atoms. The summed E-state index contributed by atoms with van der Waals surface area (Å²) in [5, 5.41) is 3.36. The average Bonchev–Trinajstić information content (AvgIpc) is 2.90. The van der Waals surface area contributed by atoms with E-state index in [4.69, 9.17) is 5.73 Å². The van der Waals surface area contributed by atoms with Crippen molar-refractivity contribution in [2.45, 2.75) is 77.6 Å². The number of hydrogen-bond donors (Lipinski definition) is 2. The van der Waals surface area contributed by atoms with Gasteiger partial charge in [-0.3, -0.25) is 9.59 Å². The van der Waals surface area contributed by atoms with Gasteiger partial charge in [0, 0.05) is 21.3 Å². The van der Waals surface area contributed by atoms with Crippen molar-refractivity contribution >= 4 is 44.6 Å². The Morgan fingerprint density at radius 1 is 0.703 bits per heavy atom. The Bertz CT molecular complexity index is 1250. The number of carbonyl (C=O) groups excluding carboxylic acids is 2. The van der Waals surface area contributed by atoms with Crippen molar-refractivity contribution < 1.29 is 9.59 Å². The molecule has 0 aliphatic heterocycles. The van der Waals surface area contributed by atoms with Crippen LogP contribution < -0.4 is 11.1 Å². The molecule has 5 heteroatoms. The van der Waals surface area contributed by atoms with Crippen LogP contribution in [0.5, 0.6) is 0 Å². The van der Waals surface area contributed by atoms with E-state index in [9.17, 15) is 9.59 Å². The molecular weight excluding hydrogens is 524 g/mol. The van der Waals surface area contributed by atoms with Crippen molar-refractivity contribution in [2.75, 3.05) is 11.1 Å². The molecule has 0 fully saturated rings. The Morgan fingerprint density at radius 2 is 1.32 bits per heavy atom. The molecule has 0 heterocycles. The fourth-order valence-electron chi connectivity index (χ4n) is 5.12. The molecule has 0 spiro atoms. The summed E-state index contributed by atoms with van der Waals surface area (Å²) in [4.78, 5) is 26.6. The molecule has 194 valence electrons. The van der Waals surface area contributed by atoms with Crippen LogP contribution in [0.15, 0.2) is 59.1 Å². The van der Waals surface area contributed by atoms with E-state index < -0.39 is 0 Å². The summed E-state index contributed by atoms with van der Waals surface area (Å²) >= 11 is 3.38. The highest BCUT2D eigenvalue weighted by molar-refractivity contribution is 9.10. The summed E-state index contributed by atoms with van der Waals surface area (Å²) in [5.41, 5.74) is 10.7. The monoisotopic (exact) mass is 560 g/mol. The third kappa shape index (κ3) is 6.51. The van der Waals surface area contributed by atoms with Gasteiger partial charge in [0.1, 0.15) is 0 Å². The van der Waals surface area contributed by atoms with E-state index in [1.165, 1.54) is 69.8 Å². The van der Waals surface area contributed by atoms with Crippen molar-refractivity contribution in [1.29, 1.82) is 0 Å². The topological polar surface area (TPSA) is 72.2 Å². The molecule has 1 aliphatic carbocycles. The van der Waals surface area contributed by atoms with Gasteiger partial charge in [-0.15, -0.1) is 0 Å². The number of fused-ring (bicyclic) bond motifs is 2. The lowest BCUT2D eigenvalue weighted by Crippen LogP contribution is -2.23. The zero-order valence-corrected chi connectivity index (χ0v) is 23.3. The maximum atomic E-state index is 13.5. The molecule has 0 saturated carbocycles. The Kier molecular flexibility index (Phi) is 9.56. The highest BCUT2D eigenvalue weighted by atomic mass is 79.9. The van der Waals surface area contributed by atoms with Crippen molar-refractivity contribution in [3.63, 3.8) is 0 Å². The first-order chi connectivity index (χ1) is 18.0. The SMILES string of the molecule is CCCCCCCCCCCCc1ccc(Nc2cccc3c2C(=O)c2c(ccc(Br)c2N)C3=O)cc1. The van der Waals surface area contributed by atoms with Gasteiger partial charge in [-0.2, -0.15) is 0 Å². The summed E-state index contributed by atoms with van der Waals surface area (Å²) in [6, 6.07) is 17.1. The number of ketones is 2. The number of nitrogens with two attached hydrogens (primary N) is 1. The van der Waals surface area contributed by atoms with Crippen LogP contribution in [0.3, 0.4) is 0 Å². The average molecular weight is 562 g/mol. The normalized spacial score (nSPS) is 12.4. The summed E-state index contributed by atoms with van der Waals surface area (Å²) in [7, 11) is 0. The molecule has 3 aromatic rings.